The van der Waals surface area contributed by atoms with Crippen LogP contribution < -0.4 is 14.8 Å². The van der Waals surface area contributed by atoms with E-state index in [1.165, 1.54) is 25.2 Å². The molecule has 3 rings (SSSR count). The van der Waals surface area contributed by atoms with E-state index in [4.69, 9.17) is 4.74 Å². The van der Waals surface area contributed by atoms with Gasteiger partial charge >= 0.3 is 0 Å². The standard InChI is InChI=1S/C21H26N4O4S/c1-4-29-19-11-10-16(21(26)22-3)14-20(19)30(27,28)23-12-7-13-25-18-9-6-5-8-17(18)15(2)24-25/h5-6,8-11,14,23H,4,7,12-13H2,1-3H3,(H,22,26). The second kappa shape index (κ2) is 9.27. The Labute approximate surface area is 176 Å². The van der Waals surface area contributed by atoms with Gasteiger partial charge in [0.2, 0.25) is 10.0 Å². The zero-order chi connectivity index (χ0) is 21.7. The first kappa shape index (κ1) is 21.8. The van der Waals surface area contributed by atoms with E-state index >= 15 is 0 Å². The van der Waals surface area contributed by atoms with Gasteiger partial charge in [-0.3, -0.25) is 9.48 Å². The highest BCUT2D eigenvalue weighted by atomic mass is 32.2. The van der Waals surface area contributed by atoms with Gasteiger partial charge in [0.15, 0.2) is 0 Å². The van der Waals surface area contributed by atoms with Gasteiger partial charge in [-0.15, -0.1) is 0 Å². The summed E-state index contributed by atoms with van der Waals surface area (Å²) in [5, 5.41) is 8.12. The summed E-state index contributed by atoms with van der Waals surface area (Å²) in [5.41, 5.74) is 2.22. The van der Waals surface area contributed by atoms with E-state index in [0.29, 0.717) is 19.6 Å². The Morgan fingerprint density at radius 2 is 1.97 bits per heavy atom. The number of carbonyl (C=O) groups excluding carboxylic acids is 1. The number of aryl methyl sites for hydroxylation is 2. The van der Waals surface area contributed by atoms with Gasteiger partial charge in [0.25, 0.3) is 5.91 Å². The highest BCUT2D eigenvalue weighted by Crippen LogP contribution is 2.25. The largest absolute Gasteiger partial charge is 0.492 e. The molecule has 2 N–H and O–H groups in total. The third kappa shape index (κ3) is 4.63. The molecule has 8 nitrogen and oxygen atoms in total. The zero-order valence-electron chi connectivity index (χ0n) is 17.3. The predicted octanol–water partition coefficient (Wildman–Crippen LogP) is 2.47. The van der Waals surface area contributed by atoms with Crippen molar-refractivity contribution in [3.63, 3.8) is 0 Å². The molecular formula is C21H26N4O4S. The lowest BCUT2D eigenvalue weighted by Crippen LogP contribution is -2.27. The SMILES string of the molecule is CCOc1ccc(C(=O)NC)cc1S(=O)(=O)NCCCn1nc(C)c2ccccc21. The minimum Gasteiger partial charge on any atom is -0.492 e. The Balaban J connectivity index is 1.72. The van der Waals surface area contributed by atoms with Crippen molar-refractivity contribution in [1.29, 1.82) is 0 Å². The zero-order valence-corrected chi connectivity index (χ0v) is 18.1. The molecule has 0 unspecified atom stereocenters. The summed E-state index contributed by atoms with van der Waals surface area (Å²) >= 11 is 0. The molecule has 30 heavy (non-hydrogen) atoms. The smallest absolute Gasteiger partial charge is 0.251 e. The number of nitrogens with zero attached hydrogens (tertiary/aromatic N) is 2. The van der Waals surface area contributed by atoms with Crippen LogP contribution in [-0.4, -0.2) is 44.3 Å². The summed E-state index contributed by atoms with van der Waals surface area (Å²) in [5.74, 6) is -0.151. The Hall–Kier alpha value is -2.91. The first-order chi connectivity index (χ1) is 14.4. The molecule has 0 aliphatic carbocycles. The third-order valence-corrected chi connectivity index (χ3v) is 6.19. The fraction of sp³-hybridized carbons (Fsp3) is 0.333. The van der Waals surface area contributed by atoms with Crippen LogP contribution in [0.15, 0.2) is 47.4 Å². The molecule has 1 amide bonds. The molecule has 0 radical (unpaired) electrons. The van der Waals surface area contributed by atoms with Gasteiger partial charge in [0, 0.05) is 31.1 Å². The molecule has 0 aliphatic heterocycles. The van der Waals surface area contributed by atoms with Crippen LogP contribution in [-0.2, 0) is 16.6 Å². The number of ether oxygens (including phenoxy) is 1. The fourth-order valence-electron chi connectivity index (χ4n) is 3.26. The van der Waals surface area contributed by atoms with Crippen molar-refractivity contribution in [2.24, 2.45) is 0 Å². The van der Waals surface area contributed by atoms with Gasteiger partial charge in [0.05, 0.1) is 17.8 Å². The van der Waals surface area contributed by atoms with Crippen LogP contribution in [0.4, 0.5) is 0 Å². The van der Waals surface area contributed by atoms with Crippen LogP contribution in [0, 0.1) is 6.92 Å². The van der Waals surface area contributed by atoms with Gasteiger partial charge in [-0.25, -0.2) is 13.1 Å². The van der Waals surface area contributed by atoms with Crippen molar-refractivity contribution in [2.75, 3.05) is 20.2 Å². The summed E-state index contributed by atoms with van der Waals surface area (Å²) in [7, 11) is -2.36. The van der Waals surface area contributed by atoms with E-state index in [2.05, 4.69) is 15.1 Å². The fourth-order valence-corrected chi connectivity index (χ4v) is 4.50. The Morgan fingerprint density at radius 1 is 1.20 bits per heavy atom. The number of nitrogens with one attached hydrogen (secondary N) is 2. The molecule has 1 heterocycles. The van der Waals surface area contributed by atoms with Crippen molar-refractivity contribution in [3.8, 4) is 5.75 Å². The minimum absolute atomic E-state index is 0.0502. The summed E-state index contributed by atoms with van der Waals surface area (Å²) in [6, 6.07) is 12.3. The number of para-hydroxylation sites is 1. The molecule has 1 aromatic heterocycles. The molecule has 0 spiro atoms. The van der Waals surface area contributed by atoms with Gasteiger partial charge in [0.1, 0.15) is 10.6 Å². The lowest BCUT2D eigenvalue weighted by molar-refractivity contribution is 0.0963. The van der Waals surface area contributed by atoms with Crippen molar-refractivity contribution >= 4 is 26.8 Å². The highest BCUT2D eigenvalue weighted by Gasteiger charge is 2.21. The van der Waals surface area contributed by atoms with Crippen LogP contribution in [0.5, 0.6) is 5.75 Å². The maximum Gasteiger partial charge on any atom is 0.251 e. The molecular weight excluding hydrogens is 404 g/mol. The number of fused-ring (bicyclic) bond motifs is 1. The van der Waals surface area contributed by atoms with Crippen LogP contribution in [0.25, 0.3) is 10.9 Å². The summed E-state index contributed by atoms with van der Waals surface area (Å²) < 4.78 is 35.7. The van der Waals surface area contributed by atoms with E-state index in [1.54, 1.807) is 6.92 Å². The molecule has 160 valence electrons. The van der Waals surface area contributed by atoms with Crippen molar-refractivity contribution in [3.05, 3.63) is 53.7 Å². The number of sulfonamides is 1. The summed E-state index contributed by atoms with van der Waals surface area (Å²) in [6.45, 7) is 4.84. The number of amides is 1. The number of benzene rings is 2. The second-order valence-electron chi connectivity index (χ2n) is 6.75. The number of rotatable bonds is 9. The average molecular weight is 431 g/mol. The van der Waals surface area contributed by atoms with E-state index < -0.39 is 10.0 Å². The minimum atomic E-state index is -3.85. The van der Waals surface area contributed by atoms with E-state index in [9.17, 15) is 13.2 Å². The maximum absolute atomic E-state index is 12.9. The van der Waals surface area contributed by atoms with Crippen molar-refractivity contribution < 1.29 is 17.9 Å². The number of hydrogen-bond donors (Lipinski definition) is 2. The number of carbonyl (C=O) groups is 1. The molecule has 0 bridgehead atoms. The average Bonchev–Trinajstić information content (AvgIpc) is 3.07. The second-order valence-corrected chi connectivity index (χ2v) is 8.49. The number of aromatic nitrogens is 2. The highest BCUT2D eigenvalue weighted by molar-refractivity contribution is 7.89. The van der Waals surface area contributed by atoms with E-state index in [-0.39, 0.29) is 28.7 Å². The Bertz CT molecular complexity index is 1160. The van der Waals surface area contributed by atoms with Crippen LogP contribution in [0.1, 0.15) is 29.4 Å². The molecule has 0 atom stereocenters. The Morgan fingerprint density at radius 3 is 2.70 bits per heavy atom. The third-order valence-electron chi connectivity index (χ3n) is 4.70. The molecule has 9 heteroatoms. The molecule has 0 saturated carbocycles. The first-order valence-corrected chi connectivity index (χ1v) is 11.3. The molecule has 2 aromatic carbocycles. The van der Waals surface area contributed by atoms with Gasteiger partial charge in [-0.1, -0.05) is 18.2 Å². The lowest BCUT2D eigenvalue weighted by atomic mass is 10.2. The quantitative estimate of drug-likeness (QED) is 0.508. The van der Waals surface area contributed by atoms with Crippen LogP contribution in [0.2, 0.25) is 0 Å². The summed E-state index contributed by atoms with van der Waals surface area (Å²) in [6.07, 6.45) is 0.559. The maximum atomic E-state index is 12.9. The van der Waals surface area contributed by atoms with E-state index in [1.807, 2.05) is 35.9 Å². The number of hydrogen-bond acceptors (Lipinski definition) is 5. The predicted molar refractivity (Wildman–Crippen MR) is 115 cm³/mol. The van der Waals surface area contributed by atoms with Crippen LogP contribution in [0.3, 0.4) is 0 Å². The first-order valence-electron chi connectivity index (χ1n) is 9.78. The van der Waals surface area contributed by atoms with Gasteiger partial charge in [-0.05, 0) is 44.5 Å². The summed E-state index contributed by atoms with van der Waals surface area (Å²) in [4.78, 5) is 11.9. The van der Waals surface area contributed by atoms with Gasteiger partial charge < -0.3 is 10.1 Å². The molecule has 0 fully saturated rings. The molecule has 0 saturated heterocycles. The van der Waals surface area contributed by atoms with E-state index in [0.717, 1.165) is 16.6 Å². The van der Waals surface area contributed by atoms with Crippen molar-refractivity contribution in [2.45, 2.75) is 31.7 Å². The molecule has 0 aliphatic rings. The van der Waals surface area contributed by atoms with Gasteiger partial charge in [-0.2, -0.15) is 5.10 Å². The molecule has 3 aromatic rings. The topological polar surface area (TPSA) is 102 Å². The lowest BCUT2D eigenvalue weighted by Gasteiger charge is -2.13. The van der Waals surface area contributed by atoms with Crippen molar-refractivity contribution in [1.82, 2.24) is 19.8 Å². The monoisotopic (exact) mass is 430 g/mol. The normalized spacial score (nSPS) is 11.6. The van der Waals surface area contributed by atoms with Crippen LogP contribution >= 0.6 is 0 Å². The Kier molecular flexibility index (Phi) is 6.73.